The lowest BCUT2D eigenvalue weighted by molar-refractivity contribution is -0.114. The van der Waals surface area contributed by atoms with Crippen LogP contribution in [0, 0.1) is 13.8 Å². The van der Waals surface area contributed by atoms with Gasteiger partial charge in [0.15, 0.2) is 5.78 Å². The Bertz CT molecular complexity index is 746. The monoisotopic (exact) mass is 344 g/mol. The Labute approximate surface area is 149 Å². The number of Topliss-reactive ketones (excluding diaryl/α,β-unsaturated/α-hetero) is 1. The van der Waals surface area contributed by atoms with Crippen LogP contribution in [0.4, 0.5) is 11.4 Å². The molecule has 0 bridgehead atoms. The SMILES string of the molecule is Cc1cc2c(cc1C)NC(C)(C)C/C(=C1/C(=O)C(C)SC1(C)C)N2. The molecule has 2 aliphatic rings. The van der Waals surface area contributed by atoms with Crippen LogP contribution in [0.3, 0.4) is 0 Å². The van der Waals surface area contributed by atoms with Crippen LogP contribution >= 0.6 is 11.8 Å². The van der Waals surface area contributed by atoms with Crippen molar-refractivity contribution in [1.82, 2.24) is 0 Å². The van der Waals surface area contributed by atoms with Crippen molar-refractivity contribution in [3.63, 3.8) is 0 Å². The molecule has 130 valence electrons. The van der Waals surface area contributed by atoms with Crippen LogP contribution in [0.25, 0.3) is 0 Å². The molecule has 0 radical (unpaired) electrons. The Morgan fingerprint density at radius 3 is 2.21 bits per heavy atom. The largest absolute Gasteiger partial charge is 0.378 e. The molecule has 1 saturated heterocycles. The summed E-state index contributed by atoms with van der Waals surface area (Å²) in [5.41, 5.74) is 6.63. The van der Waals surface area contributed by atoms with Crippen molar-refractivity contribution in [2.75, 3.05) is 10.6 Å². The van der Waals surface area contributed by atoms with Crippen LogP contribution in [0.2, 0.25) is 0 Å². The molecule has 4 heteroatoms. The van der Waals surface area contributed by atoms with E-state index in [0.717, 1.165) is 29.1 Å². The van der Waals surface area contributed by atoms with Crippen molar-refractivity contribution in [3.8, 4) is 0 Å². The van der Waals surface area contributed by atoms with E-state index in [0.29, 0.717) is 0 Å². The van der Waals surface area contributed by atoms with E-state index in [9.17, 15) is 4.79 Å². The highest BCUT2D eigenvalue weighted by Gasteiger charge is 2.44. The molecule has 1 aromatic carbocycles. The zero-order chi connectivity index (χ0) is 17.9. The van der Waals surface area contributed by atoms with Crippen molar-refractivity contribution in [3.05, 3.63) is 34.5 Å². The lowest BCUT2D eigenvalue weighted by atomic mass is 9.89. The molecule has 1 unspecified atom stereocenters. The number of ketones is 1. The van der Waals surface area contributed by atoms with Crippen molar-refractivity contribution in [1.29, 1.82) is 0 Å². The molecule has 0 spiro atoms. The summed E-state index contributed by atoms with van der Waals surface area (Å²) in [6.45, 7) is 15.0. The Morgan fingerprint density at radius 1 is 1.08 bits per heavy atom. The van der Waals surface area contributed by atoms with Gasteiger partial charge in [0, 0.05) is 28.0 Å². The van der Waals surface area contributed by atoms with Gasteiger partial charge >= 0.3 is 0 Å². The van der Waals surface area contributed by atoms with Crippen molar-refractivity contribution >= 4 is 28.9 Å². The predicted molar refractivity (Wildman–Crippen MR) is 105 cm³/mol. The van der Waals surface area contributed by atoms with Crippen LogP contribution in [0.5, 0.6) is 0 Å². The van der Waals surface area contributed by atoms with E-state index in [1.54, 1.807) is 11.8 Å². The van der Waals surface area contributed by atoms with E-state index in [2.05, 4.69) is 64.3 Å². The third-order valence-electron chi connectivity index (χ3n) is 5.00. The molecule has 2 heterocycles. The van der Waals surface area contributed by atoms with E-state index in [-0.39, 0.29) is 21.3 Å². The predicted octanol–water partition coefficient (Wildman–Crippen LogP) is 5.05. The number of benzene rings is 1. The number of carbonyl (C=O) groups excluding carboxylic acids is 1. The highest BCUT2D eigenvalue weighted by atomic mass is 32.2. The van der Waals surface area contributed by atoms with E-state index < -0.39 is 0 Å². The molecular weight excluding hydrogens is 316 g/mol. The first-order chi connectivity index (χ1) is 11.0. The Hall–Kier alpha value is -1.42. The van der Waals surface area contributed by atoms with Gasteiger partial charge in [0.1, 0.15) is 0 Å². The standard InChI is InChI=1S/C20H28N2OS/c1-11-8-14-15(9-12(11)2)22-19(4,5)10-16(21-14)17-18(23)13(3)24-20(17,6)7/h8-9,13,21-22H,10H2,1-7H3/b17-16+. The lowest BCUT2D eigenvalue weighted by Crippen LogP contribution is -2.32. The fourth-order valence-corrected chi connectivity index (χ4v) is 5.25. The third-order valence-corrected chi connectivity index (χ3v) is 6.36. The molecule has 24 heavy (non-hydrogen) atoms. The van der Waals surface area contributed by atoms with Gasteiger partial charge in [-0.05, 0) is 71.7 Å². The Balaban J connectivity index is 2.18. The average molecular weight is 345 g/mol. The van der Waals surface area contributed by atoms with Gasteiger partial charge in [-0.3, -0.25) is 4.79 Å². The van der Waals surface area contributed by atoms with Crippen molar-refractivity contribution in [2.24, 2.45) is 0 Å². The summed E-state index contributed by atoms with van der Waals surface area (Å²) in [5, 5.41) is 7.30. The maximum atomic E-state index is 12.8. The smallest absolute Gasteiger partial charge is 0.174 e. The first-order valence-corrected chi connectivity index (χ1v) is 9.50. The molecule has 2 N–H and O–H groups in total. The first kappa shape index (κ1) is 17.4. The molecule has 0 aliphatic carbocycles. The van der Waals surface area contributed by atoms with Gasteiger partial charge in [0.25, 0.3) is 0 Å². The minimum absolute atomic E-state index is 0.0304. The summed E-state index contributed by atoms with van der Waals surface area (Å²) >= 11 is 1.76. The fraction of sp³-hybridized carbons (Fsp3) is 0.550. The minimum atomic E-state index is -0.154. The van der Waals surface area contributed by atoms with Gasteiger partial charge in [-0.1, -0.05) is 0 Å². The molecule has 3 nitrogen and oxygen atoms in total. The maximum absolute atomic E-state index is 12.8. The highest BCUT2D eigenvalue weighted by Crippen LogP contribution is 2.48. The van der Waals surface area contributed by atoms with Crippen LogP contribution in [-0.4, -0.2) is 21.3 Å². The molecule has 1 atom stereocenters. The average Bonchev–Trinajstić information content (AvgIpc) is 2.54. The van der Waals surface area contributed by atoms with Crippen LogP contribution < -0.4 is 10.6 Å². The Kier molecular flexibility index (Phi) is 4.03. The number of rotatable bonds is 0. The van der Waals surface area contributed by atoms with Gasteiger partial charge in [-0.2, -0.15) is 0 Å². The van der Waals surface area contributed by atoms with E-state index >= 15 is 0 Å². The summed E-state index contributed by atoms with van der Waals surface area (Å²) in [6.07, 6.45) is 0.803. The Morgan fingerprint density at radius 2 is 1.67 bits per heavy atom. The third kappa shape index (κ3) is 2.97. The van der Waals surface area contributed by atoms with Crippen LogP contribution in [0.1, 0.15) is 52.2 Å². The van der Waals surface area contributed by atoms with Crippen LogP contribution in [0.15, 0.2) is 23.4 Å². The molecule has 1 fully saturated rings. The van der Waals surface area contributed by atoms with E-state index in [1.165, 1.54) is 11.1 Å². The molecule has 2 aliphatic heterocycles. The fourth-order valence-electron chi connectivity index (χ4n) is 3.80. The number of thioether (sulfide) groups is 1. The van der Waals surface area contributed by atoms with Crippen molar-refractivity contribution in [2.45, 2.75) is 70.4 Å². The van der Waals surface area contributed by atoms with Crippen LogP contribution in [-0.2, 0) is 4.79 Å². The number of hydrogen-bond donors (Lipinski definition) is 2. The number of hydrogen-bond acceptors (Lipinski definition) is 4. The summed E-state index contributed by atoms with van der Waals surface area (Å²) in [4.78, 5) is 12.8. The number of nitrogens with one attached hydrogen (secondary N) is 2. The highest BCUT2D eigenvalue weighted by molar-refractivity contribution is 8.02. The quantitative estimate of drug-likeness (QED) is 0.647. The van der Waals surface area contributed by atoms with Crippen molar-refractivity contribution < 1.29 is 4.79 Å². The summed E-state index contributed by atoms with van der Waals surface area (Å²) in [6, 6.07) is 4.38. The summed E-state index contributed by atoms with van der Waals surface area (Å²) in [7, 11) is 0. The number of anilines is 2. The van der Waals surface area contributed by atoms with Gasteiger partial charge in [-0.15, -0.1) is 11.8 Å². The van der Waals surface area contributed by atoms with E-state index in [4.69, 9.17) is 0 Å². The second kappa shape index (κ2) is 5.55. The zero-order valence-corrected chi connectivity index (χ0v) is 16.6. The molecule has 3 rings (SSSR count). The van der Waals surface area contributed by atoms with Gasteiger partial charge in [0.05, 0.1) is 16.6 Å². The summed E-state index contributed by atoms with van der Waals surface area (Å²) < 4.78 is -0.154. The molecule has 0 aromatic heterocycles. The first-order valence-electron chi connectivity index (χ1n) is 8.62. The number of carbonyl (C=O) groups is 1. The second-order valence-corrected chi connectivity index (χ2v) is 10.2. The molecular formula is C20H28N2OS. The maximum Gasteiger partial charge on any atom is 0.174 e. The normalized spacial score (nSPS) is 28.0. The molecule has 0 saturated carbocycles. The van der Waals surface area contributed by atoms with Gasteiger partial charge in [0.2, 0.25) is 0 Å². The zero-order valence-electron chi connectivity index (χ0n) is 15.8. The molecule has 0 amide bonds. The lowest BCUT2D eigenvalue weighted by Gasteiger charge is -2.28. The topological polar surface area (TPSA) is 41.1 Å². The number of fused-ring (bicyclic) bond motifs is 1. The van der Waals surface area contributed by atoms with E-state index in [1.807, 2.05) is 6.92 Å². The van der Waals surface area contributed by atoms with Gasteiger partial charge in [-0.25, -0.2) is 0 Å². The van der Waals surface area contributed by atoms with Gasteiger partial charge < -0.3 is 10.6 Å². The minimum Gasteiger partial charge on any atom is -0.378 e. The number of aryl methyl sites for hydroxylation is 2. The molecule has 1 aromatic rings. The summed E-state index contributed by atoms with van der Waals surface area (Å²) in [5.74, 6) is 0.274. The second-order valence-electron chi connectivity index (χ2n) is 8.28.